The molecule has 5 heteroatoms. The number of carbonyl (C=O) groups is 1. The van der Waals surface area contributed by atoms with Gasteiger partial charge in [-0.3, -0.25) is 4.79 Å². The van der Waals surface area contributed by atoms with Crippen molar-refractivity contribution >= 4 is 6.41 Å². The van der Waals surface area contributed by atoms with Crippen molar-refractivity contribution in [3.8, 4) is 5.75 Å². The van der Waals surface area contributed by atoms with Gasteiger partial charge in [0.25, 0.3) is 0 Å². The van der Waals surface area contributed by atoms with E-state index in [1.54, 1.807) is 12.0 Å². The zero-order valence-electron chi connectivity index (χ0n) is 20.7. The smallest absolute Gasteiger partial charge is 0.209 e. The summed E-state index contributed by atoms with van der Waals surface area (Å²) in [6.45, 7) is 2.07. The zero-order chi connectivity index (χ0) is 23.4. The Kier molecular flexibility index (Phi) is 11.0. The Morgan fingerprint density at radius 1 is 1.00 bits per heavy atom. The van der Waals surface area contributed by atoms with E-state index in [0.717, 1.165) is 62.8 Å². The van der Waals surface area contributed by atoms with Crippen LogP contribution in [0.5, 0.6) is 5.75 Å². The van der Waals surface area contributed by atoms with E-state index < -0.39 is 5.60 Å². The Bertz CT molecular complexity index is 679. The summed E-state index contributed by atoms with van der Waals surface area (Å²) >= 11 is 0. The molecule has 4 rings (SSSR count). The second kappa shape index (κ2) is 14.0. The molecule has 5 nitrogen and oxygen atoms in total. The first-order valence-electron chi connectivity index (χ1n) is 13.3. The Morgan fingerprint density at radius 3 is 2.36 bits per heavy atom. The van der Waals surface area contributed by atoms with Crippen molar-refractivity contribution in [1.29, 1.82) is 0 Å². The number of methoxy groups -OCH3 is 1. The maximum Gasteiger partial charge on any atom is 0.209 e. The quantitative estimate of drug-likeness (QED) is 0.353. The Balaban J connectivity index is 0.000000541. The molecule has 1 amide bonds. The van der Waals surface area contributed by atoms with E-state index >= 15 is 0 Å². The summed E-state index contributed by atoms with van der Waals surface area (Å²) in [4.78, 5) is 13.2. The highest BCUT2D eigenvalue weighted by Gasteiger charge is 2.42. The van der Waals surface area contributed by atoms with E-state index in [1.807, 2.05) is 24.3 Å². The maximum atomic E-state index is 12.0. The molecule has 1 aromatic carbocycles. The molecule has 2 saturated carbocycles. The number of piperidine rings is 1. The third-order valence-corrected chi connectivity index (χ3v) is 7.63. The molecule has 33 heavy (non-hydrogen) atoms. The lowest BCUT2D eigenvalue weighted by molar-refractivity contribution is -0.123. The van der Waals surface area contributed by atoms with Crippen LogP contribution in [0.3, 0.4) is 0 Å². The molecule has 1 heterocycles. The highest BCUT2D eigenvalue weighted by atomic mass is 16.5. The lowest BCUT2D eigenvalue weighted by atomic mass is 9.74. The van der Waals surface area contributed by atoms with Crippen LogP contribution in [0.4, 0.5) is 0 Å². The lowest BCUT2D eigenvalue weighted by Gasteiger charge is -2.42. The highest BCUT2D eigenvalue weighted by Crippen LogP contribution is 2.44. The summed E-state index contributed by atoms with van der Waals surface area (Å²) in [5.41, 5.74) is -0.109. The largest absolute Gasteiger partial charge is 0.490 e. The molecule has 2 atom stereocenters. The number of para-hydroxylation sites is 1. The van der Waals surface area contributed by atoms with Crippen LogP contribution in [-0.4, -0.2) is 49.3 Å². The van der Waals surface area contributed by atoms with Gasteiger partial charge in [-0.2, -0.15) is 0 Å². The van der Waals surface area contributed by atoms with Crippen LogP contribution in [0, 0.1) is 5.92 Å². The summed E-state index contributed by atoms with van der Waals surface area (Å²) in [7, 11) is 1.71. The van der Waals surface area contributed by atoms with Crippen LogP contribution < -0.4 is 4.74 Å². The molecule has 3 aliphatic rings. The highest BCUT2D eigenvalue weighted by molar-refractivity contribution is 5.47. The van der Waals surface area contributed by atoms with Crippen molar-refractivity contribution < 1.29 is 19.4 Å². The van der Waals surface area contributed by atoms with Gasteiger partial charge >= 0.3 is 0 Å². The third kappa shape index (κ3) is 7.71. The second-order valence-electron chi connectivity index (χ2n) is 10.1. The van der Waals surface area contributed by atoms with Crippen molar-refractivity contribution in [2.45, 2.75) is 102 Å². The number of carbonyl (C=O) groups excluding carboxylic acids is 1. The van der Waals surface area contributed by atoms with Gasteiger partial charge in [0, 0.05) is 38.3 Å². The van der Waals surface area contributed by atoms with Crippen molar-refractivity contribution in [3.05, 3.63) is 29.8 Å². The third-order valence-electron chi connectivity index (χ3n) is 7.63. The Hall–Kier alpha value is -1.59. The van der Waals surface area contributed by atoms with Crippen LogP contribution in [0.15, 0.2) is 24.3 Å². The standard InChI is InChI=1S/C23H35NO4.C5H10/c1-27-16-7-6-14-23(26,19-9-8-15-24(17-19)18-25)21-12-4-5-13-22(21)28-20-10-2-3-11-20;1-2-4-5-3-1/h4-5,12-13,18-20,26H,2-3,6-11,14-17H2,1H3;1-5H2. The van der Waals surface area contributed by atoms with Crippen LogP contribution in [-0.2, 0) is 15.1 Å². The number of ether oxygens (including phenoxy) is 2. The Labute approximate surface area is 200 Å². The predicted octanol–water partition coefficient (Wildman–Crippen LogP) is 5.83. The Morgan fingerprint density at radius 2 is 1.70 bits per heavy atom. The van der Waals surface area contributed by atoms with E-state index in [9.17, 15) is 9.90 Å². The fourth-order valence-corrected chi connectivity index (χ4v) is 5.69. The van der Waals surface area contributed by atoms with Crippen LogP contribution in [0.1, 0.15) is 95.5 Å². The molecular formula is C28H45NO4. The van der Waals surface area contributed by atoms with Gasteiger partial charge in [0.15, 0.2) is 0 Å². The topological polar surface area (TPSA) is 59.0 Å². The predicted molar refractivity (Wildman–Crippen MR) is 132 cm³/mol. The average Bonchev–Trinajstić information content (AvgIpc) is 3.59. The molecule has 0 bridgehead atoms. The van der Waals surface area contributed by atoms with Crippen molar-refractivity contribution in [2.24, 2.45) is 5.92 Å². The van der Waals surface area contributed by atoms with E-state index in [2.05, 4.69) is 0 Å². The molecule has 2 unspecified atom stereocenters. The van der Waals surface area contributed by atoms with Crippen LogP contribution in [0.25, 0.3) is 0 Å². The molecule has 0 spiro atoms. The van der Waals surface area contributed by atoms with Gasteiger partial charge in [-0.15, -0.1) is 0 Å². The molecule has 1 N–H and O–H groups in total. The molecule has 0 aromatic heterocycles. The van der Waals surface area contributed by atoms with Gasteiger partial charge in [0.2, 0.25) is 6.41 Å². The summed E-state index contributed by atoms with van der Waals surface area (Å²) in [6.07, 6.45) is 17.5. The van der Waals surface area contributed by atoms with Gasteiger partial charge in [-0.1, -0.05) is 50.3 Å². The van der Waals surface area contributed by atoms with Crippen LogP contribution >= 0.6 is 0 Å². The number of rotatable bonds is 10. The monoisotopic (exact) mass is 459 g/mol. The molecule has 2 aliphatic carbocycles. The number of unbranched alkanes of at least 4 members (excludes halogenated alkanes) is 1. The van der Waals surface area contributed by atoms with Gasteiger partial charge in [-0.05, 0) is 63.9 Å². The molecule has 1 aromatic rings. The van der Waals surface area contributed by atoms with Crippen LogP contribution in [0.2, 0.25) is 0 Å². The fraction of sp³-hybridized carbons (Fsp3) is 0.750. The van der Waals surface area contributed by atoms with Crippen molar-refractivity contribution in [1.82, 2.24) is 4.90 Å². The first-order chi connectivity index (χ1) is 16.2. The maximum absolute atomic E-state index is 12.0. The first kappa shape index (κ1) is 26.0. The SMILES string of the molecule is C1CCCC1.COCCCCC(O)(c1ccccc1OC1CCCC1)C1CCCN(C=O)C1. The van der Waals surface area contributed by atoms with Crippen molar-refractivity contribution in [2.75, 3.05) is 26.8 Å². The number of likely N-dealkylation sites (tertiary alicyclic amines) is 1. The number of hydrogen-bond acceptors (Lipinski definition) is 4. The van der Waals surface area contributed by atoms with E-state index in [-0.39, 0.29) is 12.0 Å². The van der Waals surface area contributed by atoms with E-state index in [4.69, 9.17) is 9.47 Å². The zero-order valence-corrected chi connectivity index (χ0v) is 20.7. The molecule has 1 saturated heterocycles. The van der Waals surface area contributed by atoms with Gasteiger partial charge < -0.3 is 19.5 Å². The molecule has 1 aliphatic heterocycles. The number of amides is 1. The van der Waals surface area contributed by atoms with Gasteiger partial charge in [0.1, 0.15) is 5.75 Å². The summed E-state index contributed by atoms with van der Waals surface area (Å²) < 4.78 is 11.5. The molecule has 0 radical (unpaired) electrons. The number of hydrogen-bond donors (Lipinski definition) is 1. The molecule has 186 valence electrons. The van der Waals surface area contributed by atoms with Gasteiger partial charge in [-0.25, -0.2) is 0 Å². The number of nitrogens with zero attached hydrogens (tertiary/aromatic N) is 1. The lowest BCUT2D eigenvalue weighted by Crippen LogP contribution is -2.46. The normalized spacial score (nSPS) is 23.0. The van der Waals surface area contributed by atoms with Gasteiger partial charge in [0.05, 0.1) is 11.7 Å². The first-order valence-corrected chi connectivity index (χ1v) is 13.3. The summed E-state index contributed by atoms with van der Waals surface area (Å²) in [6, 6.07) is 7.98. The number of benzene rings is 1. The van der Waals surface area contributed by atoms with E-state index in [1.165, 1.54) is 44.9 Å². The molecular weight excluding hydrogens is 414 g/mol. The molecule has 3 fully saturated rings. The van der Waals surface area contributed by atoms with E-state index in [0.29, 0.717) is 19.6 Å². The minimum atomic E-state index is -0.995. The summed E-state index contributed by atoms with van der Waals surface area (Å²) in [5, 5.41) is 12.0. The average molecular weight is 460 g/mol. The minimum absolute atomic E-state index is 0.0160. The fourth-order valence-electron chi connectivity index (χ4n) is 5.69. The van der Waals surface area contributed by atoms with Crippen molar-refractivity contribution in [3.63, 3.8) is 0 Å². The second-order valence-corrected chi connectivity index (χ2v) is 10.1. The summed E-state index contributed by atoms with van der Waals surface area (Å²) in [5.74, 6) is 0.828. The minimum Gasteiger partial charge on any atom is -0.490 e. The number of aliphatic hydroxyl groups is 1.